The maximum absolute atomic E-state index is 13.0. The molecule has 0 saturated carbocycles. The van der Waals surface area contributed by atoms with Gasteiger partial charge >= 0.3 is 6.09 Å². The predicted molar refractivity (Wildman–Crippen MR) is 100.0 cm³/mol. The molecule has 152 valence electrons. The van der Waals surface area contributed by atoms with Crippen molar-refractivity contribution in [1.29, 1.82) is 5.26 Å². The lowest BCUT2D eigenvalue weighted by atomic mass is 9.88. The molecule has 8 nitrogen and oxygen atoms in total. The second-order valence-electron chi connectivity index (χ2n) is 8.54. The molecule has 2 heterocycles. The number of rotatable bonds is 5. The minimum atomic E-state index is -0.929. The van der Waals surface area contributed by atoms with Crippen LogP contribution in [-0.2, 0) is 14.3 Å². The van der Waals surface area contributed by atoms with Crippen LogP contribution in [0.15, 0.2) is 0 Å². The molecular weight excluding hydrogens is 348 g/mol. The van der Waals surface area contributed by atoms with Crippen LogP contribution >= 0.6 is 0 Å². The van der Waals surface area contributed by atoms with Crippen LogP contribution in [0, 0.1) is 16.7 Å². The normalized spacial score (nSPS) is 24.9. The molecule has 2 amide bonds. The van der Waals surface area contributed by atoms with Crippen molar-refractivity contribution in [3.05, 3.63) is 0 Å². The molecule has 0 aromatic carbocycles. The molecule has 1 N–H and O–H groups in total. The molecule has 8 heteroatoms. The third-order valence-corrected chi connectivity index (χ3v) is 4.97. The second-order valence-corrected chi connectivity index (χ2v) is 8.54. The average molecular weight is 380 g/mol. The molecule has 1 unspecified atom stereocenters. The Balaban J connectivity index is 2.07. The molecule has 0 aromatic rings. The predicted octanol–water partition coefficient (Wildman–Crippen LogP) is 1.36. The van der Waals surface area contributed by atoms with Gasteiger partial charge in [-0.15, -0.1) is 0 Å². The lowest BCUT2D eigenvalue weighted by Crippen LogP contribution is -2.54. The zero-order chi connectivity index (χ0) is 20.1. The van der Waals surface area contributed by atoms with Gasteiger partial charge in [-0.2, -0.15) is 5.26 Å². The van der Waals surface area contributed by atoms with E-state index in [0.29, 0.717) is 45.7 Å². The van der Waals surface area contributed by atoms with Crippen LogP contribution in [-0.4, -0.2) is 79.4 Å². The van der Waals surface area contributed by atoms with E-state index >= 15 is 0 Å². The van der Waals surface area contributed by atoms with Gasteiger partial charge in [-0.1, -0.05) is 27.7 Å². The molecule has 2 aliphatic heterocycles. The summed E-state index contributed by atoms with van der Waals surface area (Å²) < 4.78 is 10.8. The standard InChI is InChI=1S/C19H32N4O4/c1-5-22-7-6-19(13-20,14-22)21-16(24)15(12-18(2,3)4)27-17(25)23-8-10-26-11-9-23/h15H,5-12,14H2,1-4H3,(H,21,24)/t15-,19?/m0/s1. The Morgan fingerprint density at radius 2 is 1.96 bits per heavy atom. The number of hydrogen-bond acceptors (Lipinski definition) is 6. The topological polar surface area (TPSA) is 94.9 Å². The quantitative estimate of drug-likeness (QED) is 0.774. The van der Waals surface area contributed by atoms with Crippen LogP contribution in [0.25, 0.3) is 0 Å². The summed E-state index contributed by atoms with van der Waals surface area (Å²) in [5.41, 5.74) is -1.13. The molecule has 2 aliphatic rings. The molecule has 2 atom stereocenters. The van der Waals surface area contributed by atoms with E-state index in [4.69, 9.17) is 9.47 Å². The number of nitrogens with zero attached hydrogens (tertiary/aromatic N) is 3. The van der Waals surface area contributed by atoms with Crippen molar-refractivity contribution in [3.63, 3.8) is 0 Å². The van der Waals surface area contributed by atoms with Crippen LogP contribution in [0.2, 0.25) is 0 Å². The summed E-state index contributed by atoms with van der Waals surface area (Å²) in [6.07, 6.45) is -0.479. The molecule has 2 saturated heterocycles. The first kappa shape index (κ1) is 21.5. The molecule has 0 spiro atoms. The van der Waals surface area contributed by atoms with Gasteiger partial charge in [0.25, 0.3) is 5.91 Å². The monoisotopic (exact) mass is 380 g/mol. The highest BCUT2D eigenvalue weighted by Crippen LogP contribution is 2.25. The lowest BCUT2D eigenvalue weighted by Gasteiger charge is -2.32. The van der Waals surface area contributed by atoms with E-state index in [-0.39, 0.29) is 5.41 Å². The summed E-state index contributed by atoms with van der Waals surface area (Å²) in [5, 5.41) is 12.5. The fourth-order valence-corrected chi connectivity index (χ4v) is 3.38. The van der Waals surface area contributed by atoms with E-state index < -0.39 is 23.6 Å². The van der Waals surface area contributed by atoms with Gasteiger partial charge in [-0.3, -0.25) is 4.79 Å². The number of nitrogens with one attached hydrogen (secondary N) is 1. The van der Waals surface area contributed by atoms with Crippen molar-refractivity contribution < 1.29 is 19.1 Å². The summed E-state index contributed by atoms with van der Waals surface area (Å²) in [6.45, 7) is 11.9. The fourth-order valence-electron chi connectivity index (χ4n) is 3.38. The van der Waals surface area contributed by atoms with E-state index in [1.54, 1.807) is 4.90 Å². The minimum absolute atomic E-state index is 0.210. The van der Waals surface area contributed by atoms with Crippen LogP contribution in [0.1, 0.15) is 40.5 Å². The largest absolute Gasteiger partial charge is 0.436 e. The maximum Gasteiger partial charge on any atom is 0.410 e. The Hall–Kier alpha value is -1.85. The molecule has 2 fully saturated rings. The Bertz CT molecular complexity index is 577. The van der Waals surface area contributed by atoms with Gasteiger partial charge < -0.3 is 24.6 Å². The van der Waals surface area contributed by atoms with Crippen molar-refractivity contribution in [1.82, 2.24) is 15.1 Å². The van der Waals surface area contributed by atoms with Crippen LogP contribution in [0.5, 0.6) is 0 Å². The Morgan fingerprint density at radius 3 is 2.48 bits per heavy atom. The van der Waals surface area contributed by atoms with Crippen LogP contribution in [0.4, 0.5) is 4.79 Å². The van der Waals surface area contributed by atoms with Gasteiger partial charge in [0.2, 0.25) is 0 Å². The first-order valence-electron chi connectivity index (χ1n) is 9.67. The molecule has 0 radical (unpaired) electrons. The summed E-state index contributed by atoms with van der Waals surface area (Å²) in [6, 6.07) is 2.27. The number of likely N-dealkylation sites (N-methyl/N-ethyl adjacent to an activating group) is 1. The Labute approximate surface area is 161 Å². The van der Waals surface area contributed by atoms with E-state index in [0.717, 1.165) is 13.1 Å². The highest BCUT2D eigenvalue weighted by Gasteiger charge is 2.42. The highest BCUT2D eigenvalue weighted by molar-refractivity contribution is 5.84. The summed E-state index contributed by atoms with van der Waals surface area (Å²) in [7, 11) is 0. The van der Waals surface area contributed by atoms with E-state index in [9.17, 15) is 14.9 Å². The third-order valence-electron chi connectivity index (χ3n) is 4.97. The van der Waals surface area contributed by atoms with Crippen molar-refractivity contribution in [3.8, 4) is 6.07 Å². The Kier molecular flexibility index (Phi) is 7.06. The highest BCUT2D eigenvalue weighted by atomic mass is 16.6. The van der Waals surface area contributed by atoms with Crippen LogP contribution in [0.3, 0.4) is 0 Å². The fraction of sp³-hybridized carbons (Fsp3) is 0.842. The van der Waals surface area contributed by atoms with Crippen molar-refractivity contribution in [2.75, 3.05) is 45.9 Å². The number of carbonyl (C=O) groups is 2. The maximum atomic E-state index is 13.0. The SMILES string of the molecule is CCN1CCC(C#N)(NC(=O)[C@H](CC(C)(C)C)OC(=O)N2CCOCC2)C1. The van der Waals surface area contributed by atoms with E-state index in [2.05, 4.69) is 16.3 Å². The molecule has 2 rings (SSSR count). The molecular formula is C19H32N4O4. The number of morpholine rings is 1. The van der Waals surface area contributed by atoms with Gasteiger partial charge in [0.05, 0.1) is 19.3 Å². The Morgan fingerprint density at radius 1 is 1.30 bits per heavy atom. The van der Waals surface area contributed by atoms with E-state index in [1.165, 1.54) is 0 Å². The number of ether oxygens (including phenoxy) is 2. The molecule has 27 heavy (non-hydrogen) atoms. The molecule has 0 aliphatic carbocycles. The number of likely N-dealkylation sites (tertiary alicyclic amines) is 1. The first-order valence-corrected chi connectivity index (χ1v) is 9.67. The zero-order valence-electron chi connectivity index (χ0n) is 16.9. The lowest BCUT2D eigenvalue weighted by molar-refractivity contribution is -0.133. The van der Waals surface area contributed by atoms with Crippen molar-refractivity contribution in [2.24, 2.45) is 5.41 Å². The average Bonchev–Trinajstić information content (AvgIpc) is 3.04. The van der Waals surface area contributed by atoms with Gasteiger partial charge in [-0.25, -0.2) is 4.79 Å². The van der Waals surface area contributed by atoms with Crippen molar-refractivity contribution in [2.45, 2.75) is 52.2 Å². The molecule has 0 aromatic heterocycles. The zero-order valence-corrected chi connectivity index (χ0v) is 16.9. The summed E-state index contributed by atoms with van der Waals surface area (Å²) in [4.78, 5) is 29.1. The number of amides is 2. The number of carbonyl (C=O) groups excluding carboxylic acids is 2. The van der Waals surface area contributed by atoms with Gasteiger partial charge in [-0.05, 0) is 24.8 Å². The number of hydrogen-bond donors (Lipinski definition) is 1. The smallest absolute Gasteiger partial charge is 0.410 e. The minimum Gasteiger partial charge on any atom is -0.436 e. The summed E-state index contributed by atoms with van der Waals surface area (Å²) >= 11 is 0. The van der Waals surface area contributed by atoms with Gasteiger partial charge in [0.1, 0.15) is 5.54 Å². The third kappa shape index (κ3) is 6.08. The second kappa shape index (κ2) is 8.89. The summed E-state index contributed by atoms with van der Waals surface area (Å²) in [5.74, 6) is -0.397. The van der Waals surface area contributed by atoms with Crippen molar-refractivity contribution >= 4 is 12.0 Å². The molecule has 0 bridgehead atoms. The van der Waals surface area contributed by atoms with Gasteiger partial charge in [0.15, 0.2) is 6.10 Å². The van der Waals surface area contributed by atoms with Gasteiger partial charge in [0, 0.05) is 26.2 Å². The van der Waals surface area contributed by atoms with Crippen LogP contribution < -0.4 is 5.32 Å². The first-order chi connectivity index (χ1) is 12.7. The number of nitriles is 1. The van der Waals surface area contributed by atoms with E-state index in [1.807, 2.05) is 27.7 Å².